The van der Waals surface area contributed by atoms with Gasteiger partial charge in [0.05, 0.1) is 0 Å². The zero-order chi connectivity index (χ0) is 8.55. The monoisotopic (exact) mass is 167 g/mol. The van der Waals surface area contributed by atoms with Crippen LogP contribution in [0.25, 0.3) is 0 Å². The van der Waals surface area contributed by atoms with Crippen molar-refractivity contribution >= 4 is 0 Å². The Kier molecular flexibility index (Phi) is 1.84. The van der Waals surface area contributed by atoms with E-state index in [4.69, 9.17) is 4.52 Å². The fraction of sp³-hybridized carbons (Fsp3) is 0.750. The van der Waals surface area contributed by atoms with Gasteiger partial charge in [0.1, 0.15) is 0 Å². The highest BCUT2D eigenvalue weighted by atomic mass is 16.5. The van der Waals surface area contributed by atoms with Crippen LogP contribution in [0.5, 0.6) is 0 Å². The predicted octanol–water partition coefficient (Wildman–Crippen LogP) is 0.625. The van der Waals surface area contributed by atoms with Crippen LogP contribution in [0.2, 0.25) is 0 Å². The van der Waals surface area contributed by atoms with Crippen molar-refractivity contribution in [3.05, 3.63) is 11.7 Å². The number of hydrogen-bond acceptors (Lipinski definition) is 4. The normalized spacial score (nSPS) is 24.0. The molecule has 12 heavy (non-hydrogen) atoms. The lowest BCUT2D eigenvalue weighted by atomic mass is 10.0. The van der Waals surface area contributed by atoms with Crippen molar-refractivity contribution < 1.29 is 4.52 Å². The summed E-state index contributed by atoms with van der Waals surface area (Å²) >= 11 is 0. The maximum absolute atomic E-state index is 5.03. The van der Waals surface area contributed by atoms with Crippen LogP contribution in [-0.4, -0.2) is 34.7 Å². The van der Waals surface area contributed by atoms with Gasteiger partial charge in [-0.05, 0) is 26.9 Å². The van der Waals surface area contributed by atoms with E-state index in [1.807, 2.05) is 6.92 Å². The minimum atomic E-state index is 0.616. The summed E-state index contributed by atoms with van der Waals surface area (Å²) in [5.74, 6) is 1.50. The van der Waals surface area contributed by atoms with Gasteiger partial charge in [-0.15, -0.1) is 0 Å². The number of aryl methyl sites for hydroxylation is 1. The molecule has 0 saturated carbocycles. The Morgan fingerprint density at radius 3 is 2.92 bits per heavy atom. The smallest absolute Gasteiger partial charge is 0.228 e. The summed E-state index contributed by atoms with van der Waals surface area (Å²) in [6.45, 7) is 3.04. The Bertz CT molecular complexity index is 271. The fourth-order valence-corrected chi connectivity index (χ4v) is 1.45. The SMILES string of the molecule is Cc1noc(C[C@@H]2CCN2C)n1. The van der Waals surface area contributed by atoms with Crippen LogP contribution in [0.3, 0.4) is 0 Å². The number of hydrogen-bond donors (Lipinski definition) is 0. The zero-order valence-electron chi connectivity index (χ0n) is 7.45. The Morgan fingerprint density at radius 1 is 1.67 bits per heavy atom. The predicted molar refractivity (Wildman–Crippen MR) is 43.8 cm³/mol. The second kappa shape index (κ2) is 2.86. The van der Waals surface area contributed by atoms with Gasteiger partial charge in [0.25, 0.3) is 0 Å². The summed E-state index contributed by atoms with van der Waals surface area (Å²) in [4.78, 5) is 6.47. The molecule has 2 rings (SSSR count). The molecule has 0 spiro atoms. The van der Waals surface area contributed by atoms with E-state index in [2.05, 4.69) is 22.1 Å². The van der Waals surface area contributed by atoms with Crippen molar-refractivity contribution in [2.45, 2.75) is 25.8 Å². The van der Waals surface area contributed by atoms with Gasteiger partial charge in [0, 0.05) is 12.5 Å². The maximum atomic E-state index is 5.03. The zero-order valence-corrected chi connectivity index (χ0v) is 7.45. The molecule has 2 heterocycles. The molecule has 1 atom stereocenters. The minimum absolute atomic E-state index is 0.616. The largest absolute Gasteiger partial charge is 0.339 e. The number of rotatable bonds is 2. The van der Waals surface area contributed by atoms with E-state index in [1.165, 1.54) is 13.0 Å². The average molecular weight is 167 g/mol. The van der Waals surface area contributed by atoms with Gasteiger partial charge in [-0.25, -0.2) is 0 Å². The molecule has 0 amide bonds. The summed E-state index contributed by atoms with van der Waals surface area (Å²) in [6, 6.07) is 0.616. The molecule has 4 heteroatoms. The third-order valence-corrected chi connectivity index (χ3v) is 2.42. The first-order chi connectivity index (χ1) is 5.75. The topological polar surface area (TPSA) is 42.2 Å². The Hall–Kier alpha value is -0.900. The summed E-state index contributed by atoms with van der Waals surface area (Å²) in [7, 11) is 2.12. The summed E-state index contributed by atoms with van der Waals surface area (Å²) in [5, 5.41) is 3.75. The molecule has 1 aliphatic heterocycles. The molecule has 4 nitrogen and oxygen atoms in total. The highest BCUT2D eigenvalue weighted by molar-refractivity contribution is 4.91. The number of likely N-dealkylation sites (tertiary alicyclic amines) is 1. The van der Waals surface area contributed by atoms with Crippen molar-refractivity contribution in [2.75, 3.05) is 13.6 Å². The van der Waals surface area contributed by atoms with Gasteiger partial charge in [0.2, 0.25) is 5.89 Å². The van der Waals surface area contributed by atoms with Crippen molar-refractivity contribution in [3.63, 3.8) is 0 Å². The van der Waals surface area contributed by atoms with Crippen LogP contribution in [0.4, 0.5) is 0 Å². The third-order valence-electron chi connectivity index (χ3n) is 2.42. The van der Waals surface area contributed by atoms with Crippen LogP contribution < -0.4 is 0 Å². The Morgan fingerprint density at radius 2 is 2.50 bits per heavy atom. The van der Waals surface area contributed by atoms with Gasteiger partial charge in [-0.3, -0.25) is 0 Å². The first-order valence-corrected chi connectivity index (χ1v) is 4.25. The number of nitrogens with zero attached hydrogens (tertiary/aromatic N) is 3. The van der Waals surface area contributed by atoms with Gasteiger partial charge >= 0.3 is 0 Å². The molecule has 66 valence electrons. The van der Waals surface area contributed by atoms with E-state index in [1.54, 1.807) is 0 Å². The molecule has 0 unspecified atom stereocenters. The van der Waals surface area contributed by atoms with Crippen molar-refractivity contribution in [2.24, 2.45) is 0 Å². The van der Waals surface area contributed by atoms with Crippen LogP contribution in [-0.2, 0) is 6.42 Å². The molecular weight excluding hydrogens is 154 g/mol. The van der Waals surface area contributed by atoms with E-state index < -0.39 is 0 Å². The highest BCUT2D eigenvalue weighted by Crippen LogP contribution is 2.18. The second-order valence-corrected chi connectivity index (χ2v) is 3.36. The van der Waals surface area contributed by atoms with E-state index in [9.17, 15) is 0 Å². The van der Waals surface area contributed by atoms with Crippen LogP contribution in [0.1, 0.15) is 18.1 Å². The average Bonchev–Trinajstić information content (AvgIpc) is 2.44. The van der Waals surface area contributed by atoms with E-state index in [-0.39, 0.29) is 0 Å². The summed E-state index contributed by atoms with van der Waals surface area (Å²) < 4.78 is 5.03. The van der Waals surface area contributed by atoms with Gasteiger partial charge in [-0.1, -0.05) is 5.16 Å². The second-order valence-electron chi connectivity index (χ2n) is 3.36. The number of aromatic nitrogens is 2. The maximum Gasteiger partial charge on any atom is 0.228 e. The van der Waals surface area contributed by atoms with Crippen molar-refractivity contribution in [1.29, 1.82) is 0 Å². The first-order valence-electron chi connectivity index (χ1n) is 4.25. The van der Waals surface area contributed by atoms with Crippen molar-refractivity contribution in [1.82, 2.24) is 15.0 Å². The van der Waals surface area contributed by atoms with Crippen LogP contribution in [0.15, 0.2) is 4.52 Å². The van der Waals surface area contributed by atoms with Gasteiger partial charge in [-0.2, -0.15) is 4.98 Å². The Balaban J connectivity index is 1.95. The van der Waals surface area contributed by atoms with Gasteiger partial charge < -0.3 is 9.42 Å². The molecule has 1 aromatic heterocycles. The molecule has 0 bridgehead atoms. The highest BCUT2D eigenvalue weighted by Gasteiger charge is 2.25. The molecule has 0 radical (unpaired) electrons. The van der Waals surface area contributed by atoms with Crippen molar-refractivity contribution in [3.8, 4) is 0 Å². The summed E-state index contributed by atoms with van der Waals surface area (Å²) in [6.07, 6.45) is 2.15. The lowest BCUT2D eigenvalue weighted by Gasteiger charge is -2.36. The lowest BCUT2D eigenvalue weighted by Crippen LogP contribution is -2.45. The molecule has 0 N–H and O–H groups in total. The molecular formula is C8H13N3O. The molecule has 1 aliphatic rings. The van der Waals surface area contributed by atoms with E-state index in [0.29, 0.717) is 6.04 Å². The van der Waals surface area contributed by atoms with Crippen LogP contribution >= 0.6 is 0 Å². The minimum Gasteiger partial charge on any atom is -0.339 e. The molecule has 1 aromatic rings. The van der Waals surface area contributed by atoms with E-state index >= 15 is 0 Å². The number of likely N-dealkylation sites (N-methyl/N-ethyl adjacent to an activating group) is 1. The third kappa shape index (κ3) is 1.34. The molecule has 1 saturated heterocycles. The van der Waals surface area contributed by atoms with Gasteiger partial charge in [0.15, 0.2) is 5.82 Å². The van der Waals surface area contributed by atoms with Crippen LogP contribution in [0, 0.1) is 6.92 Å². The van der Waals surface area contributed by atoms with E-state index in [0.717, 1.165) is 18.1 Å². The quantitative estimate of drug-likeness (QED) is 0.647. The molecule has 1 fully saturated rings. The fourth-order valence-electron chi connectivity index (χ4n) is 1.45. The first kappa shape index (κ1) is 7.73. The lowest BCUT2D eigenvalue weighted by molar-refractivity contribution is 0.118. The molecule has 0 aliphatic carbocycles. The molecule has 0 aromatic carbocycles. The Labute approximate surface area is 71.6 Å². The summed E-state index contributed by atoms with van der Waals surface area (Å²) in [5.41, 5.74) is 0. The standard InChI is InChI=1S/C8H13N3O/c1-6-9-8(12-10-6)5-7-3-4-11(7)2/h7H,3-5H2,1-2H3/t7-/m0/s1.